The molecule has 2 aromatic rings. The van der Waals surface area contributed by atoms with E-state index in [9.17, 15) is 0 Å². The quantitative estimate of drug-likeness (QED) is 0.344. The van der Waals surface area contributed by atoms with Gasteiger partial charge in [-0.1, -0.05) is 91.9 Å². The van der Waals surface area contributed by atoms with Gasteiger partial charge in [0.15, 0.2) is 0 Å². The van der Waals surface area contributed by atoms with Gasteiger partial charge < -0.3 is 0 Å². The molecular formula is C24H38Mg. The van der Waals surface area contributed by atoms with Crippen LogP contribution >= 0.6 is 0 Å². The van der Waals surface area contributed by atoms with E-state index >= 15 is 0 Å². The van der Waals surface area contributed by atoms with Crippen LogP contribution in [0.2, 0.25) is 0 Å². The van der Waals surface area contributed by atoms with E-state index in [0.717, 1.165) is 0 Å². The van der Waals surface area contributed by atoms with Gasteiger partial charge in [-0.3, -0.25) is 0 Å². The van der Waals surface area contributed by atoms with Crippen molar-refractivity contribution in [2.24, 2.45) is 0 Å². The number of aryl methyl sites for hydroxylation is 2. The van der Waals surface area contributed by atoms with Crippen molar-refractivity contribution in [2.45, 2.75) is 91.9 Å². The van der Waals surface area contributed by atoms with Crippen LogP contribution in [0.4, 0.5) is 0 Å². The molecule has 0 spiro atoms. The zero-order valence-corrected chi connectivity index (χ0v) is 19.0. The fraction of sp³-hybridized carbons (Fsp3) is 0.583. The summed E-state index contributed by atoms with van der Waals surface area (Å²) in [5.74, 6) is 1.37. The van der Waals surface area contributed by atoms with Crippen LogP contribution < -0.4 is 0 Å². The molecule has 0 bridgehead atoms. The molecule has 0 fully saturated rings. The predicted molar refractivity (Wildman–Crippen MR) is 115 cm³/mol. The fourth-order valence-electron chi connectivity index (χ4n) is 3.26. The van der Waals surface area contributed by atoms with Crippen LogP contribution in [-0.4, -0.2) is 23.1 Å². The molecule has 0 saturated carbocycles. The second kappa shape index (κ2) is 13.6. The Hall–Kier alpha value is -0.534. The molecule has 0 amide bonds. The number of hydrogen-bond donors (Lipinski definition) is 0. The van der Waals surface area contributed by atoms with Gasteiger partial charge in [-0.2, -0.15) is 34.4 Å². The molecule has 0 saturated heterocycles. The molecule has 1 heteroatoms. The average molecular weight is 351 g/mol. The molecule has 0 N–H and O–H groups in total. The molecule has 0 aromatic heterocycles. The minimum atomic E-state index is 0. The van der Waals surface area contributed by atoms with Crippen LogP contribution in [0.15, 0.2) is 36.4 Å². The maximum Gasteiger partial charge on any atom is 2.00 e. The van der Waals surface area contributed by atoms with Crippen molar-refractivity contribution in [1.82, 2.24) is 0 Å². The second-order valence-electron chi connectivity index (χ2n) is 7.53. The first-order valence-electron chi connectivity index (χ1n) is 10.00. The summed E-state index contributed by atoms with van der Waals surface area (Å²) in [4.78, 5) is 0. The Morgan fingerprint density at radius 2 is 1.08 bits per heavy atom. The molecular weight excluding hydrogens is 313 g/mol. The van der Waals surface area contributed by atoms with Crippen LogP contribution in [0, 0.1) is 0 Å². The summed E-state index contributed by atoms with van der Waals surface area (Å²) in [5.41, 5.74) is 6.21. The Morgan fingerprint density at radius 1 is 0.720 bits per heavy atom. The summed E-state index contributed by atoms with van der Waals surface area (Å²) in [6.45, 7) is 13.6. The topological polar surface area (TPSA) is 0 Å². The largest absolute Gasteiger partial charge is 2.00 e. The van der Waals surface area contributed by atoms with E-state index in [4.69, 9.17) is 0 Å². The Bertz CT molecular complexity index is 492. The van der Waals surface area contributed by atoms with E-state index in [1.165, 1.54) is 38.5 Å². The van der Waals surface area contributed by atoms with Gasteiger partial charge in [-0.25, -0.2) is 24.3 Å². The summed E-state index contributed by atoms with van der Waals surface area (Å²) in [6.07, 6.45) is 7.76. The van der Waals surface area contributed by atoms with Crippen LogP contribution in [0.25, 0.3) is 0 Å². The van der Waals surface area contributed by atoms with Gasteiger partial charge in [0.25, 0.3) is 0 Å². The van der Waals surface area contributed by atoms with Crippen molar-refractivity contribution in [3.63, 3.8) is 0 Å². The number of unbranched alkanes of at least 4 members (excludes halogenated alkanes) is 2. The van der Waals surface area contributed by atoms with Crippen molar-refractivity contribution in [3.05, 3.63) is 58.7 Å². The third-order valence-electron chi connectivity index (χ3n) is 4.73. The molecule has 136 valence electrons. The Balaban J connectivity index is 0.000000443. The summed E-state index contributed by atoms with van der Waals surface area (Å²) in [7, 11) is 0. The first-order valence-corrected chi connectivity index (χ1v) is 10.00. The zero-order valence-electron chi connectivity index (χ0n) is 17.6. The van der Waals surface area contributed by atoms with Gasteiger partial charge >= 0.3 is 23.1 Å². The smallest absolute Gasteiger partial charge is 0.213 e. The van der Waals surface area contributed by atoms with Gasteiger partial charge in [-0.05, 0) is 0 Å². The fourth-order valence-corrected chi connectivity index (χ4v) is 3.26. The van der Waals surface area contributed by atoms with Gasteiger partial charge in [0.2, 0.25) is 0 Å². The monoisotopic (exact) mass is 350 g/mol. The van der Waals surface area contributed by atoms with E-state index in [1.54, 1.807) is 22.3 Å². The summed E-state index contributed by atoms with van der Waals surface area (Å²) < 4.78 is 0. The van der Waals surface area contributed by atoms with Gasteiger partial charge in [-0.15, -0.1) is 0 Å². The van der Waals surface area contributed by atoms with E-state index in [2.05, 4.69) is 77.9 Å². The van der Waals surface area contributed by atoms with E-state index in [1.807, 2.05) is 0 Å². The number of rotatable bonds is 8. The van der Waals surface area contributed by atoms with Crippen LogP contribution in [0.5, 0.6) is 0 Å². The first-order chi connectivity index (χ1) is 11.5. The molecule has 2 rings (SSSR count). The third kappa shape index (κ3) is 8.60. The molecule has 25 heavy (non-hydrogen) atoms. The molecule has 0 aliphatic heterocycles. The Labute approximate surface area is 173 Å². The van der Waals surface area contributed by atoms with E-state index in [-0.39, 0.29) is 23.1 Å². The summed E-state index contributed by atoms with van der Waals surface area (Å²) in [6, 6.07) is 13.4. The molecule has 0 aliphatic rings. The van der Waals surface area contributed by atoms with Gasteiger partial charge in [0.05, 0.1) is 0 Å². The molecule has 0 heterocycles. The van der Waals surface area contributed by atoms with Crippen LogP contribution in [-0.2, 0) is 12.8 Å². The van der Waals surface area contributed by atoms with E-state index in [0.29, 0.717) is 11.8 Å². The molecule has 0 radical (unpaired) electrons. The molecule has 0 unspecified atom stereocenters. The van der Waals surface area contributed by atoms with Crippen molar-refractivity contribution >= 4 is 23.1 Å². The standard InChI is InChI=1S/2C12H19.Mg/c2*1-4-5-7-11-8-6-9-12(11)10(2)3;/h2*6,8-10H,4-5,7H2,1-3H3;/q2*-1;+2. The van der Waals surface area contributed by atoms with Crippen molar-refractivity contribution < 1.29 is 0 Å². The second-order valence-corrected chi connectivity index (χ2v) is 7.53. The minimum Gasteiger partial charge on any atom is -0.213 e. The Morgan fingerprint density at radius 3 is 1.36 bits per heavy atom. The molecule has 0 nitrogen and oxygen atoms in total. The van der Waals surface area contributed by atoms with Crippen LogP contribution in [0.1, 0.15) is 101 Å². The molecule has 0 atom stereocenters. The maximum absolute atomic E-state index is 2.27. The van der Waals surface area contributed by atoms with Gasteiger partial charge in [0, 0.05) is 0 Å². The van der Waals surface area contributed by atoms with Crippen molar-refractivity contribution in [1.29, 1.82) is 0 Å². The van der Waals surface area contributed by atoms with Crippen LogP contribution in [0.3, 0.4) is 0 Å². The molecule has 2 aromatic carbocycles. The minimum absolute atomic E-state index is 0. The predicted octanol–water partition coefficient (Wildman–Crippen LogP) is 7.36. The third-order valence-corrected chi connectivity index (χ3v) is 4.73. The molecule has 0 aliphatic carbocycles. The first kappa shape index (κ1) is 24.5. The zero-order chi connectivity index (χ0) is 17.9. The summed E-state index contributed by atoms with van der Waals surface area (Å²) in [5, 5.41) is 0. The van der Waals surface area contributed by atoms with Crippen molar-refractivity contribution in [2.75, 3.05) is 0 Å². The normalized spacial score (nSPS) is 10.6. The number of hydrogen-bond acceptors (Lipinski definition) is 0. The maximum atomic E-state index is 2.27. The Kier molecular flexibility index (Phi) is 13.4. The van der Waals surface area contributed by atoms with Gasteiger partial charge in [0.1, 0.15) is 0 Å². The average Bonchev–Trinajstić information content (AvgIpc) is 3.20. The van der Waals surface area contributed by atoms with Crippen molar-refractivity contribution in [3.8, 4) is 0 Å². The SMILES string of the molecule is CCCCc1ccc[c-]1C(C)C.CCCCc1ccc[c-]1C(C)C.[Mg+2]. The van der Waals surface area contributed by atoms with E-state index < -0.39 is 0 Å². The summed E-state index contributed by atoms with van der Waals surface area (Å²) >= 11 is 0.